The average molecular weight is 166 g/mol. The van der Waals surface area contributed by atoms with Crippen LogP contribution in [0.1, 0.15) is 10.4 Å². The quantitative estimate of drug-likeness (QED) is 0.629. The van der Waals surface area contributed by atoms with Gasteiger partial charge in [0.15, 0.2) is 0 Å². The molecule has 1 aromatic rings. The van der Waals surface area contributed by atoms with Crippen LogP contribution in [0, 0.1) is 0 Å². The number of benzene rings is 1. The van der Waals surface area contributed by atoms with Crippen LogP contribution in [0.4, 0.5) is 4.70 Å². The Hall–Kier alpha value is -0.380. The molecule has 1 aromatic carbocycles. The number of rotatable bonds is 1. The second kappa shape index (κ2) is 6.34. The van der Waals surface area contributed by atoms with Crippen LogP contribution in [0.2, 0.25) is 0 Å². The van der Waals surface area contributed by atoms with E-state index in [-0.39, 0.29) is 34.3 Å². The van der Waals surface area contributed by atoms with Crippen molar-refractivity contribution in [2.75, 3.05) is 0 Å². The zero-order valence-electron chi connectivity index (χ0n) is 5.15. The van der Waals surface area contributed by atoms with Crippen molar-refractivity contribution in [3.8, 4) is 0 Å². The van der Waals surface area contributed by atoms with E-state index >= 15 is 0 Å². The molecule has 56 valence electrons. The third-order valence-electron chi connectivity index (χ3n) is 1.02. The summed E-state index contributed by atoms with van der Waals surface area (Å²) in [7, 11) is 0. The maximum absolute atomic E-state index is 10.2. The van der Waals surface area contributed by atoms with Gasteiger partial charge in [-0.2, -0.15) is 0 Å². The van der Waals surface area contributed by atoms with Crippen molar-refractivity contribution in [1.82, 2.24) is 0 Å². The molecule has 4 heteroatoms. The summed E-state index contributed by atoms with van der Waals surface area (Å²) in [6, 6.07) is 8.30. The van der Waals surface area contributed by atoms with Gasteiger partial charge < -0.3 is 5.11 Å². The van der Waals surface area contributed by atoms with Gasteiger partial charge in [0.1, 0.15) is 0 Å². The first-order valence-corrected chi connectivity index (χ1v) is 2.59. The second-order valence-electron chi connectivity index (χ2n) is 1.67. The molecule has 11 heavy (non-hydrogen) atoms. The number of hydrogen-bond donors (Lipinski definition) is 1. The van der Waals surface area contributed by atoms with Crippen LogP contribution in [-0.4, -0.2) is 40.6 Å². The summed E-state index contributed by atoms with van der Waals surface area (Å²) in [5, 5.41) is 8.38. The molecule has 0 fully saturated rings. The van der Waals surface area contributed by atoms with Crippen molar-refractivity contribution < 1.29 is 14.6 Å². The van der Waals surface area contributed by atoms with Crippen LogP contribution >= 0.6 is 0 Å². The SMILES string of the molecule is F.O=C(O)c1ccccc1.[NaH]. The Morgan fingerprint density at radius 2 is 1.64 bits per heavy atom. The molecule has 1 N–H and O–H groups in total. The van der Waals surface area contributed by atoms with Crippen LogP contribution in [0.15, 0.2) is 30.3 Å². The Morgan fingerprint density at radius 3 is 1.91 bits per heavy atom. The molecule has 0 heterocycles. The number of carboxylic acids is 1. The first-order valence-electron chi connectivity index (χ1n) is 2.59. The van der Waals surface area contributed by atoms with Gasteiger partial charge >= 0.3 is 35.5 Å². The maximum atomic E-state index is 10.2. The van der Waals surface area contributed by atoms with Gasteiger partial charge in [-0.05, 0) is 12.1 Å². The molecule has 0 aromatic heterocycles. The van der Waals surface area contributed by atoms with Crippen LogP contribution in [0.25, 0.3) is 0 Å². The predicted octanol–water partition coefficient (Wildman–Crippen LogP) is 0.889. The first-order chi connectivity index (χ1) is 4.30. The number of carboxylic acid groups (broad SMARTS) is 1. The van der Waals surface area contributed by atoms with Crippen molar-refractivity contribution in [2.45, 2.75) is 0 Å². The van der Waals surface area contributed by atoms with Gasteiger partial charge in [-0.1, -0.05) is 18.2 Å². The predicted molar refractivity (Wildman–Crippen MR) is 43.1 cm³/mol. The molecule has 2 nitrogen and oxygen atoms in total. The van der Waals surface area contributed by atoms with Gasteiger partial charge in [0, 0.05) is 0 Å². The minimum atomic E-state index is -0.879. The summed E-state index contributed by atoms with van der Waals surface area (Å²) >= 11 is 0. The third kappa shape index (κ3) is 4.14. The fourth-order valence-corrected chi connectivity index (χ4v) is 0.581. The van der Waals surface area contributed by atoms with E-state index in [0.717, 1.165) is 0 Å². The van der Waals surface area contributed by atoms with E-state index in [0.29, 0.717) is 5.56 Å². The zero-order valence-corrected chi connectivity index (χ0v) is 5.15. The molecule has 0 amide bonds. The molecule has 0 aliphatic heterocycles. The molecule has 0 spiro atoms. The van der Waals surface area contributed by atoms with Crippen LogP contribution < -0.4 is 0 Å². The Bertz CT molecular complexity index is 213. The van der Waals surface area contributed by atoms with Crippen molar-refractivity contribution in [3.63, 3.8) is 0 Å². The molecule has 0 saturated carbocycles. The van der Waals surface area contributed by atoms with Crippen molar-refractivity contribution in [1.29, 1.82) is 0 Å². The molecule has 1 rings (SSSR count). The summed E-state index contributed by atoms with van der Waals surface area (Å²) in [4.78, 5) is 10.2. The van der Waals surface area contributed by atoms with E-state index in [1.54, 1.807) is 30.3 Å². The Labute approximate surface area is 85.9 Å². The first kappa shape index (κ1) is 13.2. The van der Waals surface area contributed by atoms with Gasteiger partial charge in [0.25, 0.3) is 0 Å². The van der Waals surface area contributed by atoms with Crippen LogP contribution in [0.5, 0.6) is 0 Å². The molecule has 0 unspecified atom stereocenters. The van der Waals surface area contributed by atoms with E-state index in [9.17, 15) is 4.79 Å². The van der Waals surface area contributed by atoms with E-state index < -0.39 is 5.97 Å². The zero-order chi connectivity index (χ0) is 6.69. The Morgan fingerprint density at radius 1 is 1.18 bits per heavy atom. The van der Waals surface area contributed by atoms with Crippen molar-refractivity contribution in [3.05, 3.63) is 35.9 Å². The molecule has 0 aliphatic rings. The number of aromatic carboxylic acids is 1. The third-order valence-corrected chi connectivity index (χ3v) is 1.02. The Kier molecular flexibility index (Phi) is 7.62. The summed E-state index contributed by atoms with van der Waals surface area (Å²) in [6.45, 7) is 0. The normalized spacial score (nSPS) is 7.27. The van der Waals surface area contributed by atoms with E-state index in [2.05, 4.69) is 0 Å². The molecule has 0 saturated heterocycles. The fraction of sp³-hybridized carbons (Fsp3) is 0. The number of halogens is 1. The van der Waals surface area contributed by atoms with E-state index in [1.807, 2.05) is 0 Å². The molecule has 0 radical (unpaired) electrons. The van der Waals surface area contributed by atoms with Gasteiger partial charge in [-0.3, -0.25) is 4.70 Å². The summed E-state index contributed by atoms with van der Waals surface area (Å²) in [5.41, 5.74) is 0.331. The molecular formula is C7H8FNaO2. The number of carbonyl (C=O) groups is 1. The topological polar surface area (TPSA) is 37.3 Å². The average Bonchev–Trinajstić information content (AvgIpc) is 1.90. The van der Waals surface area contributed by atoms with Crippen molar-refractivity contribution >= 4 is 35.5 Å². The Balaban J connectivity index is 0. The standard InChI is InChI=1S/C7H6O2.FH.Na.H/c8-7(9)6-4-2-1-3-5-6;;;/h1-5H,(H,8,9);1H;;. The van der Waals surface area contributed by atoms with Crippen LogP contribution in [-0.2, 0) is 0 Å². The van der Waals surface area contributed by atoms with Gasteiger partial charge in [-0.15, -0.1) is 0 Å². The van der Waals surface area contributed by atoms with Crippen LogP contribution in [0.3, 0.4) is 0 Å². The minimum absolute atomic E-state index is 0. The van der Waals surface area contributed by atoms with Crippen molar-refractivity contribution in [2.24, 2.45) is 0 Å². The fourth-order valence-electron chi connectivity index (χ4n) is 0.581. The molecule has 0 bridgehead atoms. The molecule has 0 atom stereocenters. The second-order valence-corrected chi connectivity index (χ2v) is 1.67. The van der Waals surface area contributed by atoms with E-state index in [4.69, 9.17) is 5.11 Å². The van der Waals surface area contributed by atoms with Gasteiger partial charge in [0.2, 0.25) is 0 Å². The summed E-state index contributed by atoms with van der Waals surface area (Å²) < 4.78 is 0. The van der Waals surface area contributed by atoms with E-state index in [1.165, 1.54) is 0 Å². The number of hydrogen-bond acceptors (Lipinski definition) is 1. The van der Waals surface area contributed by atoms with Gasteiger partial charge in [-0.25, -0.2) is 4.79 Å². The summed E-state index contributed by atoms with van der Waals surface area (Å²) in [6.07, 6.45) is 0. The monoisotopic (exact) mass is 166 g/mol. The molecule has 0 aliphatic carbocycles. The summed E-state index contributed by atoms with van der Waals surface area (Å²) in [5.74, 6) is -0.879. The van der Waals surface area contributed by atoms with Gasteiger partial charge in [0.05, 0.1) is 5.56 Å². The molecular weight excluding hydrogens is 158 g/mol.